The molecule has 0 bridgehead atoms. The van der Waals surface area contributed by atoms with Crippen LogP contribution in [0.25, 0.3) is 0 Å². The summed E-state index contributed by atoms with van der Waals surface area (Å²) in [6.45, 7) is 9.91. The van der Waals surface area contributed by atoms with Crippen molar-refractivity contribution in [3.8, 4) is 0 Å². The first-order valence-corrected chi connectivity index (χ1v) is 7.78. The fourth-order valence-corrected chi connectivity index (χ4v) is 2.83. The van der Waals surface area contributed by atoms with E-state index in [4.69, 9.17) is 0 Å². The van der Waals surface area contributed by atoms with Crippen molar-refractivity contribution in [2.45, 2.75) is 53.0 Å². The largest absolute Gasteiger partial charge is 0.314 e. The monoisotopic (exact) mass is 329 g/mol. The number of nitrogens with one attached hydrogen (secondary N) is 1. The molecule has 0 heterocycles. The Hall–Kier alpha value is -0.410. The number of rotatable bonds is 6. The smallest absolute Gasteiger partial charge is 0.124 e. The fraction of sp³-hybridized carbons (Fsp3) is 0.625. The van der Waals surface area contributed by atoms with Crippen molar-refractivity contribution in [1.29, 1.82) is 0 Å². The molecule has 108 valence electrons. The summed E-state index contributed by atoms with van der Waals surface area (Å²) in [6.07, 6.45) is 3.07. The SMILES string of the molecule is CCCNC(Cc1cc(F)cc(Br)c1)CC(C)(C)C. The minimum atomic E-state index is -0.172. The second-order valence-electron chi connectivity index (χ2n) is 6.40. The normalized spacial score (nSPS) is 13.6. The van der Waals surface area contributed by atoms with Gasteiger partial charge in [-0.2, -0.15) is 0 Å². The Bertz CT molecular complexity index is 378. The summed E-state index contributed by atoms with van der Waals surface area (Å²) in [7, 11) is 0. The Kier molecular flexibility index (Phi) is 6.48. The number of halogens is 2. The highest BCUT2D eigenvalue weighted by atomic mass is 79.9. The van der Waals surface area contributed by atoms with Gasteiger partial charge in [-0.05, 0) is 55.0 Å². The highest BCUT2D eigenvalue weighted by Crippen LogP contribution is 2.24. The first-order valence-electron chi connectivity index (χ1n) is 6.98. The van der Waals surface area contributed by atoms with Gasteiger partial charge in [-0.25, -0.2) is 4.39 Å². The molecule has 0 saturated carbocycles. The third-order valence-corrected chi connectivity index (χ3v) is 3.40. The van der Waals surface area contributed by atoms with Crippen molar-refractivity contribution in [3.05, 3.63) is 34.1 Å². The van der Waals surface area contributed by atoms with Crippen LogP contribution in [0, 0.1) is 11.2 Å². The molecule has 1 N–H and O–H groups in total. The lowest BCUT2D eigenvalue weighted by Crippen LogP contribution is -2.35. The molecular formula is C16H25BrFN. The molecule has 1 nitrogen and oxygen atoms in total. The standard InChI is InChI=1S/C16H25BrFN/c1-5-6-19-15(11-16(2,3)4)9-12-7-13(17)10-14(18)8-12/h7-8,10,15,19H,5-6,9,11H2,1-4H3. The van der Waals surface area contributed by atoms with Crippen molar-refractivity contribution in [1.82, 2.24) is 5.32 Å². The lowest BCUT2D eigenvalue weighted by molar-refractivity contribution is 0.306. The van der Waals surface area contributed by atoms with Gasteiger partial charge in [-0.3, -0.25) is 0 Å². The van der Waals surface area contributed by atoms with Crippen LogP contribution in [0.4, 0.5) is 4.39 Å². The van der Waals surface area contributed by atoms with Gasteiger partial charge in [0.1, 0.15) is 5.82 Å². The van der Waals surface area contributed by atoms with E-state index in [1.165, 1.54) is 6.07 Å². The summed E-state index contributed by atoms with van der Waals surface area (Å²) < 4.78 is 14.2. The summed E-state index contributed by atoms with van der Waals surface area (Å²) in [5.41, 5.74) is 1.32. The molecule has 1 rings (SSSR count). The maximum Gasteiger partial charge on any atom is 0.124 e. The Labute approximate surface area is 125 Å². The van der Waals surface area contributed by atoms with Gasteiger partial charge in [-0.1, -0.05) is 43.6 Å². The summed E-state index contributed by atoms with van der Waals surface area (Å²) in [6, 6.07) is 5.54. The van der Waals surface area contributed by atoms with Crippen molar-refractivity contribution < 1.29 is 4.39 Å². The zero-order valence-corrected chi connectivity index (χ0v) is 14.0. The molecule has 0 amide bonds. The van der Waals surface area contributed by atoms with Gasteiger partial charge in [0.05, 0.1) is 0 Å². The third-order valence-electron chi connectivity index (χ3n) is 2.95. The van der Waals surface area contributed by atoms with Crippen LogP contribution >= 0.6 is 15.9 Å². The fourth-order valence-electron chi connectivity index (χ4n) is 2.32. The lowest BCUT2D eigenvalue weighted by atomic mass is 9.86. The molecule has 0 spiro atoms. The maximum absolute atomic E-state index is 13.4. The predicted octanol–water partition coefficient (Wildman–Crippen LogP) is 4.94. The minimum Gasteiger partial charge on any atom is -0.314 e. The van der Waals surface area contributed by atoms with E-state index in [-0.39, 0.29) is 11.2 Å². The van der Waals surface area contributed by atoms with Crippen molar-refractivity contribution in [2.24, 2.45) is 5.41 Å². The minimum absolute atomic E-state index is 0.172. The second-order valence-corrected chi connectivity index (χ2v) is 7.31. The van der Waals surface area contributed by atoms with Gasteiger partial charge < -0.3 is 5.32 Å². The molecule has 0 saturated heterocycles. The Morgan fingerprint density at radius 3 is 2.47 bits per heavy atom. The van der Waals surface area contributed by atoms with Gasteiger partial charge in [0.2, 0.25) is 0 Å². The van der Waals surface area contributed by atoms with Gasteiger partial charge in [0.25, 0.3) is 0 Å². The van der Waals surface area contributed by atoms with Crippen LogP contribution in [-0.2, 0) is 6.42 Å². The van der Waals surface area contributed by atoms with E-state index in [2.05, 4.69) is 48.9 Å². The van der Waals surface area contributed by atoms with Crippen molar-refractivity contribution >= 4 is 15.9 Å². The van der Waals surface area contributed by atoms with Crippen LogP contribution in [0.3, 0.4) is 0 Å². The van der Waals surface area contributed by atoms with Gasteiger partial charge in [0.15, 0.2) is 0 Å². The van der Waals surface area contributed by atoms with Gasteiger partial charge in [0, 0.05) is 10.5 Å². The molecule has 0 fully saturated rings. The molecule has 0 radical (unpaired) electrons. The molecule has 19 heavy (non-hydrogen) atoms. The molecule has 3 heteroatoms. The van der Waals surface area contributed by atoms with Crippen LogP contribution in [0.1, 0.15) is 46.1 Å². The second kappa shape index (κ2) is 7.39. The molecule has 1 aromatic carbocycles. The van der Waals surface area contributed by atoms with Crippen LogP contribution in [0.2, 0.25) is 0 Å². The first-order chi connectivity index (χ1) is 8.80. The Morgan fingerprint density at radius 1 is 1.26 bits per heavy atom. The quantitative estimate of drug-likeness (QED) is 0.779. The van der Waals surface area contributed by atoms with Crippen LogP contribution < -0.4 is 5.32 Å². The zero-order valence-electron chi connectivity index (χ0n) is 12.4. The lowest BCUT2D eigenvalue weighted by Gasteiger charge is -2.27. The van der Waals surface area contributed by atoms with Crippen LogP contribution in [0.5, 0.6) is 0 Å². The highest BCUT2D eigenvalue weighted by molar-refractivity contribution is 9.10. The summed E-state index contributed by atoms with van der Waals surface area (Å²) >= 11 is 3.36. The van der Waals surface area contributed by atoms with E-state index in [1.807, 2.05) is 6.07 Å². The summed E-state index contributed by atoms with van der Waals surface area (Å²) in [4.78, 5) is 0. The molecule has 0 aromatic heterocycles. The van der Waals surface area contributed by atoms with E-state index < -0.39 is 0 Å². The van der Waals surface area contributed by atoms with E-state index in [0.29, 0.717) is 6.04 Å². The number of hydrogen-bond acceptors (Lipinski definition) is 1. The number of benzene rings is 1. The van der Waals surface area contributed by atoms with Gasteiger partial charge in [-0.15, -0.1) is 0 Å². The van der Waals surface area contributed by atoms with Gasteiger partial charge >= 0.3 is 0 Å². The van der Waals surface area contributed by atoms with Crippen molar-refractivity contribution in [3.63, 3.8) is 0 Å². The number of hydrogen-bond donors (Lipinski definition) is 1. The van der Waals surface area contributed by atoms with E-state index in [9.17, 15) is 4.39 Å². The Morgan fingerprint density at radius 2 is 1.95 bits per heavy atom. The summed E-state index contributed by atoms with van der Waals surface area (Å²) in [5, 5.41) is 3.58. The van der Waals surface area contributed by atoms with E-state index >= 15 is 0 Å². The van der Waals surface area contributed by atoms with Crippen LogP contribution in [0.15, 0.2) is 22.7 Å². The Balaban J connectivity index is 2.75. The molecule has 1 unspecified atom stereocenters. The first kappa shape index (κ1) is 16.6. The molecule has 0 aliphatic carbocycles. The average Bonchev–Trinajstić information content (AvgIpc) is 2.22. The van der Waals surface area contributed by atoms with Crippen molar-refractivity contribution in [2.75, 3.05) is 6.54 Å². The molecule has 1 aromatic rings. The molecule has 1 atom stereocenters. The van der Waals surface area contributed by atoms with Crippen LogP contribution in [-0.4, -0.2) is 12.6 Å². The molecule has 0 aliphatic rings. The molecule has 0 aliphatic heterocycles. The maximum atomic E-state index is 13.4. The third kappa shape index (κ3) is 7.07. The van der Waals surface area contributed by atoms with E-state index in [1.54, 1.807) is 6.07 Å². The molecular weight excluding hydrogens is 305 g/mol. The van der Waals surface area contributed by atoms with E-state index in [0.717, 1.165) is 35.8 Å². The zero-order chi connectivity index (χ0) is 14.5. The topological polar surface area (TPSA) is 12.0 Å². The highest BCUT2D eigenvalue weighted by Gasteiger charge is 2.18. The predicted molar refractivity (Wildman–Crippen MR) is 84.0 cm³/mol. The average molecular weight is 330 g/mol. The summed E-state index contributed by atoms with van der Waals surface area (Å²) in [5.74, 6) is -0.172.